The quantitative estimate of drug-likeness (QED) is 0.724. The molecule has 0 aliphatic rings. The fraction of sp³-hybridized carbons (Fsp3) is 0.118. The number of nitrogen functional groups attached to an aromatic ring is 1. The van der Waals surface area contributed by atoms with Gasteiger partial charge < -0.3 is 10.5 Å². The third kappa shape index (κ3) is 3.41. The van der Waals surface area contributed by atoms with Crippen LogP contribution in [0, 0.1) is 0 Å². The summed E-state index contributed by atoms with van der Waals surface area (Å²) in [5.74, 6) is 0.728. The third-order valence-electron chi connectivity index (χ3n) is 3.18. The zero-order valence-electron chi connectivity index (χ0n) is 11.5. The first-order chi connectivity index (χ1) is 10.3. The van der Waals surface area contributed by atoms with E-state index < -0.39 is 0 Å². The highest BCUT2D eigenvalue weighted by molar-refractivity contribution is 7.13. The topological polar surface area (TPSA) is 48.1 Å². The predicted octanol–water partition coefficient (Wildman–Crippen LogP) is 4.01. The van der Waals surface area contributed by atoms with Gasteiger partial charge in [-0.15, -0.1) is 11.3 Å². The van der Waals surface area contributed by atoms with Gasteiger partial charge in [-0.05, 0) is 23.8 Å². The van der Waals surface area contributed by atoms with Crippen LogP contribution in [0.1, 0.15) is 5.56 Å². The first kappa shape index (κ1) is 13.6. The van der Waals surface area contributed by atoms with Gasteiger partial charge in [-0.2, -0.15) is 0 Å². The number of nitrogens with zero attached hydrogens (tertiary/aromatic N) is 1. The number of hydrogen-bond acceptors (Lipinski definition) is 4. The molecule has 2 aromatic carbocycles. The van der Waals surface area contributed by atoms with Crippen LogP contribution in [0.5, 0.6) is 5.75 Å². The zero-order valence-corrected chi connectivity index (χ0v) is 12.3. The SMILES string of the molecule is Nc1cc(-c2nccs2)ccc1OCCc1ccccc1. The number of benzene rings is 2. The molecule has 21 heavy (non-hydrogen) atoms. The molecule has 0 spiro atoms. The van der Waals surface area contributed by atoms with Gasteiger partial charge in [-0.1, -0.05) is 30.3 Å². The molecular weight excluding hydrogens is 280 g/mol. The molecule has 3 rings (SSSR count). The van der Waals surface area contributed by atoms with Crippen molar-refractivity contribution >= 4 is 17.0 Å². The van der Waals surface area contributed by atoms with Gasteiger partial charge >= 0.3 is 0 Å². The molecule has 3 nitrogen and oxygen atoms in total. The molecule has 0 bridgehead atoms. The Labute approximate surface area is 128 Å². The Morgan fingerprint density at radius 3 is 2.67 bits per heavy atom. The molecule has 0 saturated heterocycles. The van der Waals surface area contributed by atoms with Gasteiger partial charge in [0.05, 0.1) is 12.3 Å². The summed E-state index contributed by atoms with van der Waals surface area (Å²) < 4.78 is 5.77. The molecule has 0 unspecified atom stereocenters. The number of nitrogens with two attached hydrogens (primary N) is 1. The van der Waals surface area contributed by atoms with Gasteiger partial charge in [0.2, 0.25) is 0 Å². The Morgan fingerprint density at radius 1 is 1.10 bits per heavy atom. The van der Waals surface area contributed by atoms with Gasteiger partial charge in [0.15, 0.2) is 0 Å². The summed E-state index contributed by atoms with van der Waals surface area (Å²) in [5, 5.41) is 2.92. The van der Waals surface area contributed by atoms with Gasteiger partial charge in [-0.3, -0.25) is 0 Å². The molecule has 0 aliphatic heterocycles. The lowest BCUT2D eigenvalue weighted by Gasteiger charge is -2.10. The second kappa shape index (κ2) is 6.41. The van der Waals surface area contributed by atoms with E-state index in [2.05, 4.69) is 17.1 Å². The number of ether oxygens (including phenoxy) is 1. The number of thiazole rings is 1. The highest BCUT2D eigenvalue weighted by Crippen LogP contribution is 2.29. The Kier molecular flexibility index (Phi) is 4.17. The molecule has 3 aromatic rings. The second-order valence-corrected chi connectivity index (χ2v) is 5.57. The van der Waals surface area contributed by atoms with E-state index in [9.17, 15) is 0 Å². The average Bonchev–Trinajstić information content (AvgIpc) is 3.04. The van der Waals surface area contributed by atoms with Crippen LogP contribution in [-0.4, -0.2) is 11.6 Å². The highest BCUT2D eigenvalue weighted by Gasteiger charge is 2.05. The molecule has 4 heteroatoms. The zero-order chi connectivity index (χ0) is 14.5. The fourth-order valence-corrected chi connectivity index (χ4v) is 2.74. The van der Waals surface area contributed by atoms with E-state index in [-0.39, 0.29) is 0 Å². The standard InChI is InChI=1S/C17H16N2OS/c18-15-12-14(17-19-9-11-21-17)6-7-16(15)20-10-8-13-4-2-1-3-5-13/h1-7,9,11-12H,8,10,18H2. The molecule has 2 N–H and O–H groups in total. The van der Waals surface area contributed by atoms with Crippen molar-refractivity contribution in [3.63, 3.8) is 0 Å². The molecule has 1 aromatic heterocycles. The van der Waals surface area contributed by atoms with Crippen LogP contribution in [0.4, 0.5) is 5.69 Å². The monoisotopic (exact) mass is 296 g/mol. The van der Waals surface area contributed by atoms with Crippen LogP contribution in [0.3, 0.4) is 0 Å². The molecule has 1 heterocycles. The van der Waals surface area contributed by atoms with E-state index in [1.54, 1.807) is 17.5 Å². The second-order valence-electron chi connectivity index (χ2n) is 4.67. The Hall–Kier alpha value is -2.33. The molecule has 106 valence electrons. The number of anilines is 1. The minimum absolute atomic E-state index is 0.616. The number of hydrogen-bond donors (Lipinski definition) is 1. The van der Waals surface area contributed by atoms with Crippen LogP contribution < -0.4 is 10.5 Å². The summed E-state index contributed by atoms with van der Waals surface area (Å²) >= 11 is 1.60. The summed E-state index contributed by atoms with van der Waals surface area (Å²) in [6.45, 7) is 0.616. The van der Waals surface area contributed by atoms with Crippen molar-refractivity contribution in [2.24, 2.45) is 0 Å². The molecule has 0 atom stereocenters. The first-order valence-corrected chi connectivity index (χ1v) is 7.67. The van der Waals surface area contributed by atoms with Crippen molar-refractivity contribution in [2.45, 2.75) is 6.42 Å². The van der Waals surface area contributed by atoms with Crippen LogP contribution in [-0.2, 0) is 6.42 Å². The molecule has 0 amide bonds. The smallest absolute Gasteiger partial charge is 0.142 e. The highest BCUT2D eigenvalue weighted by atomic mass is 32.1. The lowest BCUT2D eigenvalue weighted by atomic mass is 10.1. The van der Waals surface area contributed by atoms with Crippen molar-refractivity contribution < 1.29 is 4.74 Å². The Bertz CT molecular complexity index is 696. The van der Waals surface area contributed by atoms with Crippen molar-refractivity contribution in [3.8, 4) is 16.3 Å². The van der Waals surface area contributed by atoms with E-state index in [1.165, 1.54) is 5.56 Å². The first-order valence-electron chi connectivity index (χ1n) is 6.79. The lowest BCUT2D eigenvalue weighted by Crippen LogP contribution is -2.03. The maximum absolute atomic E-state index is 6.06. The van der Waals surface area contributed by atoms with E-state index in [4.69, 9.17) is 10.5 Å². The average molecular weight is 296 g/mol. The molecular formula is C17H16N2OS. The maximum Gasteiger partial charge on any atom is 0.142 e. The van der Waals surface area contributed by atoms with Crippen LogP contribution in [0.15, 0.2) is 60.1 Å². The number of aromatic nitrogens is 1. The summed E-state index contributed by atoms with van der Waals surface area (Å²) in [6.07, 6.45) is 2.66. The van der Waals surface area contributed by atoms with E-state index >= 15 is 0 Å². The predicted molar refractivity (Wildman–Crippen MR) is 87.6 cm³/mol. The summed E-state index contributed by atoms with van der Waals surface area (Å²) in [7, 11) is 0. The minimum atomic E-state index is 0.616. The fourth-order valence-electron chi connectivity index (χ4n) is 2.10. The largest absolute Gasteiger partial charge is 0.491 e. The van der Waals surface area contributed by atoms with Crippen molar-refractivity contribution in [1.29, 1.82) is 0 Å². The molecule has 0 fully saturated rings. The van der Waals surface area contributed by atoms with Crippen molar-refractivity contribution in [3.05, 3.63) is 65.7 Å². The molecule has 0 saturated carbocycles. The van der Waals surface area contributed by atoms with Crippen LogP contribution in [0.2, 0.25) is 0 Å². The minimum Gasteiger partial charge on any atom is -0.491 e. The summed E-state index contributed by atoms with van der Waals surface area (Å²) in [6, 6.07) is 16.1. The molecule has 0 aliphatic carbocycles. The van der Waals surface area contributed by atoms with Crippen LogP contribution in [0.25, 0.3) is 10.6 Å². The van der Waals surface area contributed by atoms with Gasteiger partial charge in [0, 0.05) is 23.6 Å². The normalized spacial score (nSPS) is 10.5. The van der Waals surface area contributed by atoms with E-state index in [0.29, 0.717) is 12.3 Å². The van der Waals surface area contributed by atoms with Gasteiger partial charge in [0.25, 0.3) is 0 Å². The third-order valence-corrected chi connectivity index (χ3v) is 4.00. The van der Waals surface area contributed by atoms with E-state index in [1.807, 2.05) is 41.8 Å². The van der Waals surface area contributed by atoms with E-state index in [0.717, 1.165) is 22.7 Å². The summed E-state index contributed by atoms with van der Waals surface area (Å²) in [5.41, 5.74) is 8.99. The van der Waals surface area contributed by atoms with Crippen molar-refractivity contribution in [1.82, 2.24) is 4.98 Å². The number of rotatable bonds is 5. The maximum atomic E-state index is 6.06. The van der Waals surface area contributed by atoms with Crippen LogP contribution >= 0.6 is 11.3 Å². The van der Waals surface area contributed by atoms with Gasteiger partial charge in [0.1, 0.15) is 10.8 Å². The Balaban J connectivity index is 1.64. The summed E-state index contributed by atoms with van der Waals surface area (Å²) in [4.78, 5) is 4.28. The lowest BCUT2D eigenvalue weighted by molar-refractivity contribution is 0.323. The van der Waals surface area contributed by atoms with Gasteiger partial charge in [-0.25, -0.2) is 4.98 Å². The molecule has 0 radical (unpaired) electrons. The van der Waals surface area contributed by atoms with Crippen molar-refractivity contribution in [2.75, 3.05) is 12.3 Å². The Morgan fingerprint density at radius 2 is 1.95 bits per heavy atom.